The van der Waals surface area contributed by atoms with E-state index >= 15 is 0 Å². The maximum absolute atomic E-state index is 12.9. The molecule has 8 nitrogen and oxygen atoms in total. The van der Waals surface area contributed by atoms with Gasteiger partial charge in [0.15, 0.2) is 5.65 Å². The van der Waals surface area contributed by atoms with Crippen molar-refractivity contribution in [2.24, 2.45) is 0 Å². The fourth-order valence-electron chi connectivity index (χ4n) is 3.33. The van der Waals surface area contributed by atoms with Crippen molar-refractivity contribution in [1.29, 1.82) is 0 Å². The topological polar surface area (TPSA) is 101 Å². The highest BCUT2D eigenvalue weighted by atomic mass is 16.6. The minimum absolute atomic E-state index is 0.248. The summed E-state index contributed by atoms with van der Waals surface area (Å²) >= 11 is 0. The standard InChI is InChI=1S/C22H30N4O4/c1-4-5-12-29-13-8-11-26-20(23)18(22(27)30-15(2)14-28-3)19-21(26)25-17-10-7-6-9-16(17)24-19/h6-7,9-10,15H,4-5,8,11-14,23H2,1-3H3/t15-/m0/s1. The first kappa shape index (κ1) is 22.0. The molecule has 3 rings (SSSR count). The maximum atomic E-state index is 12.9. The number of carbonyl (C=O) groups is 1. The lowest BCUT2D eigenvalue weighted by atomic mass is 10.2. The molecular formula is C22H30N4O4. The fraction of sp³-hybridized carbons (Fsp3) is 0.500. The number of unbranched alkanes of at least 4 members (excludes halogenated alkanes) is 1. The number of hydrogen-bond donors (Lipinski definition) is 1. The van der Waals surface area contributed by atoms with Gasteiger partial charge in [0.25, 0.3) is 0 Å². The molecule has 0 radical (unpaired) electrons. The summed E-state index contributed by atoms with van der Waals surface area (Å²) < 4.78 is 18.1. The van der Waals surface area contributed by atoms with Gasteiger partial charge in [-0.2, -0.15) is 0 Å². The van der Waals surface area contributed by atoms with Crippen LogP contribution >= 0.6 is 0 Å². The quantitative estimate of drug-likeness (QED) is 0.378. The number of methoxy groups -OCH3 is 1. The minimum Gasteiger partial charge on any atom is -0.456 e. The van der Waals surface area contributed by atoms with Crippen LogP contribution in [0.1, 0.15) is 43.5 Å². The van der Waals surface area contributed by atoms with Gasteiger partial charge in [0.05, 0.1) is 17.6 Å². The van der Waals surface area contributed by atoms with E-state index in [-0.39, 0.29) is 5.56 Å². The molecule has 0 spiro atoms. The van der Waals surface area contributed by atoms with Crippen molar-refractivity contribution in [3.63, 3.8) is 0 Å². The number of nitrogens with two attached hydrogens (primary N) is 1. The van der Waals surface area contributed by atoms with Gasteiger partial charge in [0.1, 0.15) is 23.0 Å². The van der Waals surface area contributed by atoms with Gasteiger partial charge in [0, 0.05) is 26.9 Å². The highest BCUT2D eigenvalue weighted by Gasteiger charge is 2.26. The molecule has 0 unspecified atom stereocenters. The first-order valence-corrected chi connectivity index (χ1v) is 10.4. The number of hydrogen-bond acceptors (Lipinski definition) is 7. The Morgan fingerprint density at radius 1 is 1.17 bits per heavy atom. The molecule has 0 aliphatic carbocycles. The lowest BCUT2D eigenvalue weighted by Gasteiger charge is -2.12. The molecular weight excluding hydrogens is 384 g/mol. The Morgan fingerprint density at radius 2 is 1.87 bits per heavy atom. The number of aryl methyl sites for hydroxylation is 1. The summed E-state index contributed by atoms with van der Waals surface area (Å²) in [4.78, 5) is 22.3. The Balaban J connectivity index is 1.94. The zero-order valence-electron chi connectivity index (χ0n) is 17.9. The SMILES string of the molecule is CCCCOCCCn1c(N)c(C(=O)O[C@@H](C)COC)c2nc3ccccc3nc21. The molecule has 0 saturated carbocycles. The number of nitrogen functional groups attached to an aromatic ring is 1. The van der Waals surface area contributed by atoms with E-state index in [1.165, 1.54) is 0 Å². The van der Waals surface area contributed by atoms with Crippen molar-refractivity contribution >= 4 is 34.0 Å². The van der Waals surface area contributed by atoms with Crippen LogP contribution in [0.15, 0.2) is 24.3 Å². The molecule has 0 bridgehead atoms. The van der Waals surface area contributed by atoms with E-state index in [1.54, 1.807) is 14.0 Å². The summed E-state index contributed by atoms with van der Waals surface area (Å²) in [5.74, 6) is -0.215. The van der Waals surface area contributed by atoms with E-state index in [2.05, 4.69) is 11.9 Å². The van der Waals surface area contributed by atoms with Crippen LogP contribution < -0.4 is 5.73 Å². The molecule has 8 heteroatoms. The molecule has 30 heavy (non-hydrogen) atoms. The number of anilines is 1. The van der Waals surface area contributed by atoms with Crippen molar-refractivity contribution in [1.82, 2.24) is 14.5 Å². The van der Waals surface area contributed by atoms with Gasteiger partial charge >= 0.3 is 5.97 Å². The average molecular weight is 415 g/mol. The number of aromatic nitrogens is 3. The van der Waals surface area contributed by atoms with Crippen LogP contribution in [0.4, 0.5) is 5.82 Å². The van der Waals surface area contributed by atoms with Crippen LogP contribution in [0, 0.1) is 0 Å². The lowest BCUT2D eigenvalue weighted by molar-refractivity contribution is 0.0123. The van der Waals surface area contributed by atoms with Crippen molar-refractivity contribution in [2.45, 2.75) is 45.8 Å². The smallest absolute Gasteiger partial charge is 0.344 e. The number of nitrogens with zero attached hydrogens (tertiary/aromatic N) is 3. The number of esters is 1. The lowest BCUT2D eigenvalue weighted by Crippen LogP contribution is -2.20. The van der Waals surface area contributed by atoms with Crippen LogP contribution in [0.3, 0.4) is 0 Å². The Bertz CT molecular complexity index is 1000. The summed E-state index contributed by atoms with van der Waals surface area (Å²) in [6.45, 7) is 6.14. The second-order valence-electron chi connectivity index (χ2n) is 7.29. The monoisotopic (exact) mass is 414 g/mol. The van der Waals surface area contributed by atoms with Crippen molar-refractivity contribution < 1.29 is 19.0 Å². The van der Waals surface area contributed by atoms with Gasteiger partial charge in [0.2, 0.25) is 0 Å². The molecule has 1 aromatic carbocycles. The van der Waals surface area contributed by atoms with E-state index in [0.29, 0.717) is 42.3 Å². The fourth-order valence-corrected chi connectivity index (χ4v) is 3.33. The Kier molecular flexibility index (Phi) is 7.59. The molecule has 0 fully saturated rings. The summed E-state index contributed by atoms with van der Waals surface area (Å²) in [5.41, 5.74) is 9.12. The summed E-state index contributed by atoms with van der Waals surface area (Å²) in [7, 11) is 1.56. The van der Waals surface area contributed by atoms with Crippen molar-refractivity contribution in [3.8, 4) is 0 Å². The molecule has 0 amide bonds. The largest absolute Gasteiger partial charge is 0.456 e. The first-order valence-electron chi connectivity index (χ1n) is 10.4. The summed E-state index contributed by atoms with van der Waals surface area (Å²) in [6, 6.07) is 7.54. The number of ether oxygens (including phenoxy) is 3. The van der Waals surface area contributed by atoms with E-state index in [4.69, 9.17) is 24.9 Å². The zero-order valence-corrected chi connectivity index (χ0v) is 17.9. The Hall–Kier alpha value is -2.71. The minimum atomic E-state index is -0.524. The summed E-state index contributed by atoms with van der Waals surface area (Å²) in [5, 5.41) is 0. The van der Waals surface area contributed by atoms with E-state index in [1.807, 2.05) is 28.8 Å². The number of rotatable bonds is 11. The predicted molar refractivity (Wildman–Crippen MR) is 117 cm³/mol. The third-order valence-electron chi connectivity index (χ3n) is 4.82. The second kappa shape index (κ2) is 10.4. The Labute approximate surface area is 176 Å². The number of carbonyl (C=O) groups excluding carboxylic acids is 1. The first-order chi connectivity index (χ1) is 14.6. The van der Waals surface area contributed by atoms with Gasteiger partial charge < -0.3 is 24.5 Å². The van der Waals surface area contributed by atoms with Crippen LogP contribution in [0.2, 0.25) is 0 Å². The van der Waals surface area contributed by atoms with Gasteiger partial charge in [-0.25, -0.2) is 14.8 Å². The van der Waals surface area contributed by atoms with Crippen LogP contribution in [-0.2, 0) is 20.8 Å². The van der Waals surface area contributed by atoms with Crippen LogP contribution in [0.25, 0.3) is 22.2 Å². The van der Waals surface area contributed by atoms with Crippen molar-refractivity contribution in [2.75, 3.05) is 32.7 Å². The highest BCUT2D eigenvalue weighted by molar-refractivity contribution is 6.08. The van der Waals surface area contributed by atoms with Gasteiger partial charge in [-0.3, -0.25) is 0 Å². The van der Waals surface area contributed by atoms with E-state index in [0.717, 1.165) is 31.4 Å². The molecule has 162 valence electrons. The summed E-state index contributed by atoms with van der Waals surface area (Å²) in [6.07, 6.45) is 2.49. The van der Waals surface area contributed by atoms with Crippen LogP contribution in [0.5, 0.6) is 0 Å². The molecule has 0 aliphatic heterocycles. The highest BCUT2D eigenvalue weighted by Crippen LogP contribution is 2.29. The van der Waals surface area contributed by atoms with Crippen LogP contribution in [-0.4, -0.2) is 53.5 Å². The average Bonchev–Trinajstić information content (AvgIpc) is 2.99. The molecule has 0 aliphatic rings. The van der Waals surface area contributed by atoms with E-state index in [9.17, 15) is 4.79 Å². The molecule has 3 aromatic rings. The predicted octanol–water partition coefficient (Wildman–Crippen LogP) is 3.57. The second-order valence-corrected chi connectivity index (χ2v) is 7.29. The molecule has 0 saturated heterocycles. The van der Waals surface area contributed by atoms with Gasteiger partial charge in [-0.15, -0.1) is 0 Å². The number of para-hydroxylation sites is 2. The molecule has 2 N–H and O–H groups in total. The molecule has 1 atom stereocenters. The van der Waals surface area contributed by atoms with Gasteiger partial charge in [-0.1, -0.05) is 25.5 Å². The normalized spacial score (nSPS) is 12.5. The maximum Gasteiger partial charge on any atom is 0.344 e. The third-order valence-corrected chi connectivity index (χ3v) is 4.82. The van der Waals surface area contributed by atoms with E-state index < -0.39 is 12.1 Å². The van der Waals surface area contributed by atoms with Crippen molar-refractivity contribution in [3.05, 3.63) is 29.8 Å². The third kappa shape index (κ3) is 4.88. The number of fused-ring (bicyclic) bond motifs is 2. The zero-order chi connectivity index (χ0) is 21.5. The van der Waals surface area contributed by atoms with Gasteiger partial charge in [-0.05, 0) is 31.9 Å². The number of benzene rings is 1. The Morgan fingerprint density at radius 3 is 2.57 bits per heavy atom. The molecule has 2 heterocycles. The molecule has 2 aromatic heterocycles.